The van der Waals surface area contributed by atoms with E-state index in [4.69, 9.17) is 30.2 Å². The molecule has 0 N–H and O–H groups in total. The second-order valence-corrected chi connectivity index (χ2v) is 11.4. The van der Waals surface area contributed by atoms with Crippen LogP contribution in [0.2, 0.25) is 0 Å². The minimum atomic E-state index is -0.490. The van der Waals surface area contributed by atoms with Gasteiger partial charge in [0.25, 0.3) is 0 Å². The fourth-order valence-corrected chi connectivity index (χ4v) is 3.12. The SMILES string of the molecule is Cc1nc(C(C)(C)C)nn1B(n1nc(C(C)(C)C)nc1C)n1nc(C(C)(C)C)nc1C. The molecule has 0 aliphatic carbocycles. The third-order valence-corrected chi connectivity index (χ3v) is 5.07. The van der Waals surface area contributed by atoms with Gasteiger partial charge in [0, 0.05) is 16.2 Å². The molecule has 0 fully saturated rings. The molecule has 0 saturated carbocycles. The van der Waals surface area contributed by atoms with Crippen LogP contribution in [0.25, 0.3) is 0 Å². The van der Waals surface area contributed by atoms with Crippen LogP contribution < -0.4 is 0 Å². The Kier molecular flexibility index (Phi) is 5.43. The largest absolute Gasteiger partial charge is 0.573 e. The Morgan fingerprint density at radius 3 is 0.871 bits per heavy atom. The molecule has 0 atom stereocenters. The van der Waals surface area contributed by atoms with Crippen molar-refractivity contribution in [2.24, 2.45) is 0 Å². The van der Waals surface area contributed by atoms with Crippen molar-refractivity contribution in [1.82, 2.24) is 44.0 Å². The molecule has 0 radical (unpaired) electrons. The average molecular weight is 425 g/mol. The lowest BCUT2D eigenvalue weighted by Crippen LogP contribution is -2.46. The Bertz CT molecular complexity index is 945. The number of nitrogens with zero attached hydrogens (tertiary/aromatic N) is 9. The predicted octanol–water partition coefficient (Wildman–Crippen LogP) is 3.21. The quantitative estimate of drug-likeness (QED) is 0.599. The second kappa shape index (κ2) is 7.27. The highest BCUT2D eigenvalue weighted by Gasteiger charge is 2.37. The van der Waals surface area contributed by atoms with E-state index in [1.807, 2.05) is 34.5 Å². The highest BCUT2D eigenvalue weighted by molar-refractivity contribution is 6.53. The average Bonchev–Trinajstić information content (AvgIpc) is 3.26. The van der Waals surface area contributed by atoms with Crippen molar-refractivity contribution >= 4 is 7.12 Å². The van der Waals surface area contributed by atoms with Gasteiger partial charge in [0.1, 0.15) is 17.5 Å². The molecule has 0 unspecified atom stereocenters. The minimum absolute atomic E-state index is 0.178. The molecule has 3 heterocycles. The van der Waals surface area contributed by atoms with E-state index in [2.05, 4.69) is 62.3 Å². The molecule has 0 saturated heterocycles. The predicted molar refractivity (Wildman–Crippen MR) is 122 cm³/mol. The van der Waals surface area contributed by atoms with Gasteiger partial charge < -0.3 is 0 Å². The molecule has 9 nitrogen and oxygen atoms in total. The molecular formula is C21H36BN9. The van der Waals surface area contributed by atoms with Gasteiger partial charge in [0.05, 0.1) is 0 Å². The molecule has 0 amide bonds. The summed E-state index contributed by atoms with van der Waals surface area (Å²) < 4.78 is 5.63. The van der Waals surface area contributed by atoms with E-state index in [0.29, 0.717) is 0 Å². The van der Waals surface area contributed by atoms with Crippen LogP contribution in [0.3, 0.4) is 0 Å². The van der Waals surface area contributed by atoms with Gasteiger partial charge in [0.2, 0.25) is 0 Å². The second-order valence-electron chi connectivity index (χ2n) is 11.4. The fourth-order valence-electron chi connectivity index (χ4n) is 3.12. The molecule has 168 valence electrons. The van der Waals surface area contributed by atoms with Crippen LogP contribution in [0.5, 0.6) is 0 Å². The van der Waals surface area contributed by atoms with E-state index in [1.54, 1.807) is 0 Å². The summed E-state index contributed by atoms with van der Waals surface area (Å²) in [6.07, 6.45) is 0. The van der Waals surface area contributed by atoms with Crippen LogP contribution in [0, 0.1) is 20.8 Å². The van der Waals surface area contributed by atoms with E-state index in [1.165, 1.54) is 0 Å². The maximum Gasteiger partial charge on any atom is 0.573 e. The summed E-state index contributed by atoms with van der Waals surface area (Å²) in [5.41, 5.74) is -0.534. The number of aromatic nitrogens is 9. The van der Waals surface area contributed by atoms with Crippen LogP contribution in [0.1, 0.15) is 97.3 Å². The van der Waals surface area contributed by atoms with Gasteiger partial charge in [-0.15, -0.1) is 0 Å². The molecule has 0 aromatic carbocycles. The van der Waals surface area contributed by atoms with Gasteiger partial charge >= 0.3 is 7.12 Å². The highest BCUT2D eigenvalue weighted by Crippen LogP contribution is 2.23. The lowest BCUT2D eigenvalue weighted by Gasteiger charge is -2.18. The molecule has 3 aromatic rings. The van der Waals surface area contributed by atoms with Crippen LogP contribution in [-0.4, -0.2) is 51.1 Å². The zero-order valence-corrected chi connectivity index (χ0v) is 21.1. The van der Waals surface area contributed by atoms with Crippen LogP contribution >= 0.6 is 0 Å². The van der Waals surface area contributed by atoms with Gasteiger partial charge in [-0.1, -0.05) is 62.3 Å². The first-order valence-corrected chi connectivity index (χ1v) is 10.8. The normalized spacial score (nSPS) is 13.2. The highest BCUT2D eigenvalue weighted by atomic mass is 15.5. The van der Waals surface area contributed by atoms with E-state index in [-0.39, 0.29) is 16.2 Å². The van der Waals surface area contributed by atoms with Crippen molar-refractivity contribution in [2.75, 3.05) is 0 Å². The lowest BCUT2D eigenvalue weighted by atomic mass is 9.93. The summed E-state index contributed by atoms with van der Waals surface area (Å²) in [6, 6.07) is 0. The molecule has 0 aliphatic rings. The smallest absolute Gasteiger partial charge is 0.247 e. The fraction of sp³-hybridized carbons (Fsp3) is 0.714. The Hall–Kier alpha value is -2.52. The Morgan fingerprint density at radius 1 is 0.484 bits per heavy atom. The maximum absolute atomic E-state index is 4.89. The summed E-state index contributed by atoms with van der Waals surface area (Å²) in [5.74, 6) is 4.69. The molecule has 3 rings (SSSR count). The molecule has 10 heteroatoms. The van der Waals surface area contributed by atoms with Gasteiger partial charge in [-0.3, -0.25) is 0 Å². The standard InChI is InChI=1S/C21H36BN9/c1-13-23-16(19(4,5)6)26-29(13)22(30-14(2)24-17(27-30)20(7,8)9)31-15(3)25-18(28-31)21(10,11)12/h1-12H3. The van der Waals surface area contributed by atoms with Crippen molar-refractivity contribution in [3.8, 4) is 0 Å². The van der Waals surface area contributed by atoms with Gasteiger partial charge in [-0.2, -0.15) is 15.3 Å². The Labute approximate surface area is 185 Å². The summed E-state index contributed by atoms with van der Waals surface area (Å²) in [4.78, 5) is 14.3. The maximum atomic E-state index is 4.89. The summed E-state index contributed by atoms with van der Waals surface area (Å²) in [5, 5.41) is 14.7. The Balaban J connectivity index is 2.28. The third-order valence-electron chi connectivity index (χ3n) is 5.07. The first kappa shape index (κ1) is 23.2. The molecule has 0 aliphatic heterocycles. The first-order valence-electron chi connectivity index (χ1n) is 10.8. The van der Waals surface area contributed by atoms with E-state index < -0.39 is 7.12 Å². The van der Waals surface area contributed by atoms with Crippen molar-refractivity contribution in [3.05, 3.63) is 34.9 Å². The topological polar surface area (TPSA) is 92.1 Å². The third kappa shape index (κ3) is 4.43. The van der Waals surface area contributed by atoms with Crippen molar-refractivity contribution in [2.45, 2.75) is 99.3 Å². The van der Waals surface area contributed by atoms with Crippen molar-refractivity contribution in [1.29, 1.82) is 0 Å². The van der Waals surface area contributed by atoms with Crippen LogP contribution in [-0.2, 0) is 16.2 Å². The van der Waals surface area contributed by atoms with Crippen LogP contribution in [0.4, 0.5) is 0 Å². The van der Waals surface area contributed by atoms with Gasteiger partial charge in [-0.25, -0.2) is 28.7 Å². The monoisotopic (exact) mass is 425 g/mol. The number of aryl methyl sites for hydroxylation is 3. The zero-order chi connectivity index (χ0) is 23.5. The van der Waals surface area contributed by atoms with Crippen LogP contribution in [0.15, 0.2) is 0 Å². The van der Waals surface area contributed by atoms with E-state index >= 15 is 0 Å². The van der Waals surface area contributed by atoms with E-state index in [0.717, 1.165) is 34.9 Å². The molecule has 3 aromatic heterocycles. The summed E-state index contributed by atoms with van der Waals surface area (Å²) in [6.45, 7) is 24.9. The Morgan fingerprint density at radius 2 is 0.710 bits per heavy atom. The van der Waals surface area contributed by atoms with Gasteiger partial charge in [-0.05, 0) is 20.8 Å². The minimum Gasteiger partial charge on any atom is -0.247 e. The molecule has 31 heavy (non-hydrogen) atoms. The zero-order valence-electron chi connectivity index (χ0n) is 21.1. The van der Waals surface area contributed by atoms with Crippen molar-refractivity contribution < 1.29 is 0 Å². The number of hydrogen-bond acceptors (Lipinski definition) is 6. The molecular weight excluding hydrogens is 389 g/mol. The first-order chi connectivity index (χ1) is 14.0. The van der Waals surface area contributed by atoms with E-state index in [9.17, 15) is 0 Å². The molecule has 0 spiro atoms. The lowest BCUT2D eigenvalue weighted by molar-refractivity contribution is 0.537. The summed E-state index contributed by atoms with van der Waals surface area (Å²) >= 11 is 0. The molecule has 0 bridgehead atoms. The number of rotatable bonds is 3. The number of hydrogen-bond donors (Lipinski definition) is 0. The van der Waals surface area contributed by atoms with Gasteiger partial charge in [0.15, 0.2) is 17.5 Å². The van der Waals surface area contributed by atoms with Crippen molar-refractivity contribution in [3.63, 3.8) is 0 Å². The summed E-state index contributed by atoms with van der Waals surface area (Å²) in [7, 11) is -0.490.